The second-order valence-electron chi connectivity index (χ2n) is 12.6. The molecule has 6 nitrogen and oxygen atoms in total. The van der Waals surface area contributed by atoms with Crippen molar-refractivity contribution >= 4 is 17.7 Å². The highest BCUT2D eigenvalue weighted by atomic mass is 16.6. The monoisotopic (exact) mass is 527 g/mol. The van der Waals surface area contributed by atoms with Gasteiger partial charge in [-0.3, -0.25) is 14.4 Å². The number of benzene rings is 1. The summed E-state index contributed by atoms with van der Waals surface area (Å²) < 4.78 is 11.5. The summed E-state index contributed by atoms with van der Waals surface area (Å²) in [7, 11) is 0. The van der Waals surface area contributed by atoms with Gasteiger partial charge in [-0.15, -0.1) is 0 Å². The molecule has 5 atom stereocenters. The average Bonchev–Trinajstić information content (AvgIpc) is 3.79. The summed E-state index contributed by atoms with van der Waals surface area (Å²) in [6.07, 6.45) is 13.2. The van der Waals surface area contributed by atoms with Gasteiger partial charge in [0, 0.05) is 5.56 Å². The third kappa shape index (κ3) is 8.65. The van der Waals surface area contributed by atoms with E-state index < -0.39 is 11.5 Å². The molecular formula is C32H49NO5. The van der Waals surface area contributed by atoms with Crippen LogP contribution in [0.5, 0.6) is 11.5 Å². The number of ether oxygens (including phenoxy) is 2. The Bertz CT molecular complexity index is 965. The lowest BCUT2D eigenvalue weighted by atomic mass is 9.83. The average molecular weight is 528 g/mol. The Balaban J connectivity index is 1.67. The fourth-order valence-electron chi connectivity index (χ4n) is 5.14. The number of hydrogen-bond donors (Lipinski definition) is 1. The smallest absolute Gasteiger partial charge is 0.314 e. The van der Waals surface area contributed by atoms with Crippen molar-refractivity contribution in [3.63, 3.8) is 0 Å². The molecule has 0 amide bonds. The maximum absolute atomic E-state index is 13.1. The van der Waals surface area contributed by atoms with E-state index in [-0.39, 0.29) is 41.1 Å². The quantitative estimate of drug-likeness (QED) is 0.105. The first-order chi connectivity index (χ1) is 18.1. The van der Waals surface area contributed by atoms with Crippen LogP contribution >= 0.6 is 0 Å². The molecule has 2 fully saturated rings. The standard InChI is InChI=1S/C32H49NO5/c1-6-8-10-12-14-21-18-24(21)30(35)37-26-17-16-23(28(34)29(33)32(3,4)5)20-27(26)38-31(36)25-19-22(25)15-13-11-9-7-2/h16-17,20-22,24-25,29H,6-15,18-19,33H2,1-5H3. The van der Waals surface area contributed by atoms with Gasteiger partial charge in [0.2, 0.25) is 0 Å². The molecule has 2 aliphatic rings. The lowest BCUT2D eigenvalue weighted by Crippen LogP contribution is -2.42. The first-order valence-electron chi connectivity index (χ1n) is 14.9. The summed E-state index contributed by atoms with van der Waals surface area (Å²) in [5.74, 6) is -0.0177. The van der Waals surface area contributed by atoms with Gasteiger partial charge in [-0.25, -0.2) is 0 Å². The Hall–Kier alpha value is -2.21. The van der Waals surface area contributed by atoms with Crippen molar-refractivity contribution in [2.24, 2.45) is 34.8 Å². The number of ketones is 1. The fraction of sp³-hybridized carbons (Fsp3) is 0.719. The van der Waals surface area contributed by atoms with Crippen LogP contribution in [0.25, 0.3) is 0 Å². The van der Waals surface area contributed by atoms with Crippen molar-refractivity contribution in [1.29, 1.82) is 0 Å². The number of carbonyl (C=O) groups is 3. The zero-order valence-electron chi connectivity index (χ0n) is 24.2. The number of rotatable bonds is 16. The highest BCUT2D eigenvalue weighted by molar-refractivity contribution is 6.01. The van der Waals surface area contributed by atoms with Crippen LogP contribution in [-0.4, -0.2) is 23.8 Å². The van der Waals surface area contributed by atoms with Gasteiger partial charge in [-0.2, -0.15) is 0 Å². The minimum atomic E-state index is -0.713. The first kappa shape index (κ1) is 30.3. The van der Waals surface area contributed by atoms with Crippen LogP contribution in [0.4, 0.5) is 0 Å². The highest BCUT2D eigenvalue weighted by Crippen LogP contribution is 2.46. The molecule has 0 bridgehead atoms. The van der Waals surface area contributed by atoms with Crippen LogP contribution in [0.2, 0.25) is 0 Å². The zero-order valence-corrected chi connectivity index (χ0v) is 24.2. The van der Waals surface area contributed by atoms with Crippen LogP contribution in [0.1, 0.15) is 122 Å². The molecule has 0 radical (unpaired) electrons. The van der Waals surface area contributed by atoms with Gasteiger partial charge in [0.15, 0.2) is 17.3 Å². The van der Waals surface area contributed by atoms with E-state index in [1.807, 2.05) is 20.8 Å². The fourth-order valence-corrected chi connectivity index (χ4v) is 5.14. The molecule has 6 heteroatoms. The largest absolute Gasteiger partial charge is 0.422 e. The van der Waals surface area contributed by atoms with E-state index in [0.717, 1.165) is 38.5 Å². The van der Waals surface area contributed by atoms with E-state index in [0.29, 0.717) is 17.4 Å². The van der Waals surface area contributed by atoms with Gasteiger partial charge >= 0.3 is 11.9 Å². The lowest BCUT2D eigenvalue weighted by Gasteiger charge is -2.25. The van der Waals surface area contributed by atoms with Crippen molar-refractivity contribution in [1.82, 2.24) is 0 Å². The molecule has 5 unspecified atom stereocenters. The Labute approximate surface area is 229 Å². The lowest BCUT2D eigenvalue weighted by molar-refractivity contribution is -0.139. The third-order valence-electron chi connectivity index (χ3n) is 8.17. The van der Waals surface area contributed by atoms with E-state index in [4.69, 9.17) is 15.2 Å². The molecule has 3 rings (SSSR count). The molecular weight excluding hydrogens is 478 g/mol. The van der Waals surface area contributed by atoms with Crippen LogP contribution in [0.15, 0.2) is 18.2 Å². The predicted octanol–water partition coefficient (Wildman–Crippen LogP) is 7.27. The summed E-state index contributed by atoms with van der Waals surface area (Å²) in [6.45, 7) is 10.1. The summed E-state index contributed by atoms with van der Waals surface area (Å²) >= 11 is 0. The summed E-state index contributed by atoms with van der Waals surface area (Å²) in [4.78, 5) is 38.9. The minimum Gasteiger partial charge on any atom is -0.422 e. The van der Waals surface area contributed by atoms with Crippen LogP contribution in [-0.2, 0) is 9.59 Å². The van der Waals surface area contributed by atoms with Crippen molar-refractivity contribution < 1.29 is 23.9 Å². The summed E-state index contributed by atoms with van der Waals surface area (Å²) in [6, 6.07) is 3.98. The second kappa shape index (κ2) is 13.7. The van der Waals surface area contributed by atoms with Gasteiger partial charge in [0.1, 0.15) is 0 Å². The first-order valence-corrected chi connectivity index (χ1v) is 14.9. The molecule has 0 saturated heterocycles. The Kier molecular flexibility index (Phi) is 11.0. The molecule has 2 N–H and O–H groups in total. The molecule has 0 aromatic heterocycles. The number of nitrogens with two attached hydrogens (primary N) is 1. The third-order valence-corrected chi connectivity index (χ3v) is 8.17. The van der Waals surface area contributed by atoms with Gasteiger partial charge < -0.3 is 15.2 Å². The van der Waals surface area contributed by atoms with E-state index in [1.165, 1.54) is 44.6 Å². The molecule has 0 heterocycles. The molecule has 212 valence electrons. The topological polar surface area (TPSA) is 95.7 Å². The molecule has 1 aromatic carbocycles. The van der Waals surface area contributed by atoms with Crippen LogP contribution in [0.3, 0.4) is 0 Å². The molecule has 2 saturated carbocycles. The Morgan fingerprint density at radius 1 is 0.816 bits per heavy atom. The number of carbonyl (C=O) groups excluding carboxylic acids is 3. The number of esters is 2. The molecule has 0 aliphatic heterocycles. The van der Waals surface area contributed by atoms with Crippen molar-refractivity contribution in [2.45, 2.75) is 118 Å². The van der Waals surface area contributed by atoms with E-state index in [2.05, 4.69) is 13.8 Å². The number of unbranched alkanes of at least 4 members (excludes halogenated alkanes) is 6. The summed E-state index contributed by atoms with van der Waals surface area (Å²) in [5, 5.41) is 0. The second-order valence-corrected chi connectivity index (χ2v) is 12.6. The molecule has 0 spiro atoms. The normalized spacial score (nSPS) is 23.0. The van der Waals surface area contributed by atoms with Crippen LogP contribution in [0, 0.1) is 29.1 Å². The molecule has 38 heavy (non-hydrogen) atoms. The highest BCUT2D eigenvalue weighted by Gasteiger charge is 2.45. The van der Waals surface area contributed by atoms with Crippen LogP contribution < -0.4 is 15.2 Å². The van der Waals surface area contributed by atoms with Crippen molar-refractivity contribution in [3.05, 3.63) is 23.8 Å². The van der Waals surface area contributed by atoms with Gasteiger partial charge in [0.25, 0.3) is 0 Å². The van der Waals surface area contributed by atoms with Crippen molar-refractivity contribution in [2.75, 3.05) is 0 Å². The number of hydrogen-bond acceptors (Lipinski definition) is 6. The summed E-state index contributed by atoms with van der Waals surface area (Å²) in [5.41, 5.74) is 6.15. The van der Waals surface area contributed by atoms with Crippen molar-refractivity contribution in [3.8, 4) is 11.5 Å². The number of Topliss-reactive ketones (excluding diaryl/α,β-unsaturated/α-hetero) is 1. The molecule has 2 aliphatic carbocycles. The molecule has 1 aromatic rings. The zero-order chi connectivity index (χ0) is 27.9. The maximum atomic E-state index is 13.1. The Morgan fingerprint density at radius 3 is 1.79 bits per heavy atom. The Morgan fingerprint density at radius 2 is 1.32 bits per heavy atom. The maximum Gasteiger partial charge on any atom is 0.314 e. The van der Waals surface area contributed by atoms with E-state index in [9.17, 15) is 14.4 Å². The van der Waals surface area contributed by atoms with Gasteiger partial charge in [-0.1, -0.05) is 86.0 Å². The minimum absolute atomic E-state index is 0.105. The van der Waals surface area contributed by atoms with E-state index >= 15 is 0 Å². The predicted molar refractivity (Wildman–Crippen MR) is 150 cm³/mol. The SMILES string of the molecule is CCCCCCC1CC1C(=O)Oc1ccc(C(=O)C(N)C(C)(C)C)cc1OC(=O)C1CC1CCCCCC. The van der Waals surface area contributed by atoms with Gasteiger partial charge in [-0.05, 0) is 61.1 Å². The van der Waals surface area contributed by atoms with E-state index in [1.54, 1.807) is 12.1 Å². The van der Waals surface area contributed by atoms with Gasteiger partial charge in [0.05, 0.1) is 17.9 Å².